The number of nitriles is 2. The van der Waals surface area contributed by atoms with Crippen LogP contribution in [0.15, 0.2) is 29.5 Å². The van der Waals surface area contributed by atoms with E-state index in [4.69, 9.17) is 5.26 Å². The number of halogens is 1. The van der Waals surface area contributed by atoms with Crippen molar-refractivity contribution in [3.05, 3.63) is 46.4 Å². The molecule has 0 saturated heterocycles. The van der Waals surface area contributed by atoms with Crippen LogP contribution in [0.4, 0.5) is 14.0 Å². The second-order valence-electron chi connectivity index (χ2n) is 5.04. The number of imide groups is 1. The minimum atomic E-state index is -1.04. The molecular formula is C16H14FN5O2. The number of rotatable bonds is 2. The molecule has 2 N–H and O–H groups in total. The van der Waals surface area contributed by atoms with Crippen LogP contribution in [0.2, 0.25) is 0 Å². The largest absolute Gasteiger partial charge is 0.338 e. The lowest BCUT2D eigenvalue weighted by Crippen LogP contribution is -2.53. The molecule has 1 heterocycles. The molecule has 0 saturated carbocycles. The summed E-state index contributed by atoms with van der Waals surface area (Å²) in [5.41, 5.74) is 0.501. The van der Waals surface area contributed by atoms with Gasteiger partial charge in [0.2, 0.25) is 0 Å². The average Bonchev–Trinajstić information content (AvgIpc) is 2.54. The van der Waals surface area contributed by atoms with Crippen molar-refractivity contribution in [2.75, 3.05) is 6.54 Å². The van der Waals surface area contributed by atoms with Crippen LogP contribution < -0.4 is 10.6 Å². The van der Waals surface area contributed by atoms with Crippen LogP contribution in [0, 0.1) is 28.5 Å². The van der Waals surface area contributed by atoms with Crippen molar-refractivity contribution in [1.82, 2.24) is 15.5 Å². The van der Waals surface area contributed by atoms with Crippen molar-refractivity contribution in [2.24, 2.45) is 0 Å². The summed E-state index contributed by atoms with van der Waals surface area (Å²) in [6.07, 6.45) is 0. The van der Waals surface area contributed by atoms with Crippen LogP contribution in [-0.2, 0) is 0 Å². The van der Waals surface area contributed by atoms with Crippen LogP contribution in [0.25, 0.3) is 0 Å². The zero-order chi connectivity index (χ0) is 17.9. The number of nitrogens with one attached hydrogen (secondary N) is 2. The number of benzene rings is 1. The Morgan fingerprint density at radius 2 is 2.12 bits per heavy atom. The van der Waals surface area contributed by atoms with Gasteiger partial charge in [-0.15, -0.1) is 0 Å². The van der Waals surface area contributed by atoms with Gasteiger partial charge in [-0.2, -0.15) is 10.5 Å². The number of urea groups is 2. The van der Waals surface area contributed by atoms with E-state index in [-0.39, 0.29) is 17.7 Å². The third-order valence-electron chi connectivity index (χ3n) is 3.54. The van der Waals surface area contributed by atoms with Gasteiger partial charge >= 0.3 is 12.1 Å². The quantitative estimate of drug-likeness (QED) is 0.868. The maximum atomic E-state index is 13.6. The van der Waals surface area contributed by atoms with Crippen molar-refractivity contribution < 1.29 is 14.0 Å². The molecule has 8 heteroatoms. The van der Waals surface area contributed by atoms with Crippen molar-refractivity contribution in [3.63, 3.8) is 0 Å². The minimum Gasteiger partial charge on any atom is -0.338 e. The van der Waals surface area contributed by atoms with E-state index in [1.807, 2.05) is 6.07 Å². The SMILES string of the molecule is CCNC(=O)N1C(=O)NC(C)=C(C#N)C1c1ccc(F)c(C#N)c1. The first kappa shape index (κ1) is 17.0. The molecule has 122 valence electrons. The summed E-state index contributed by atoms with van der Waals surface area (Å²) in [7, 11) is 0. The Balaban J connectivity index is 2.64. The van der Waals surface area contributed by atoms with Gasteiger partial charge in [-0.1, -0.05) is 6.07 Å². The fraction of sp³-hybridized carbons (Fsp3) is 0.250. The summed E-state index contributed by atoms with van der Waals surface area (Å²) in [6, 6.07) is 4.89. The molecule has 1 aliphatic heterocycles. The second-order valence-corrected chi connectivity index (χ2v) is 5.04. The Hall–Kier alpha value is -3.39. The van der Waals surface area contributed by atoms with Crippen molar-refractivity contribution in [1.29, 1.82) is 10.5 Å². The molecule has 2 rings (SSSR count). The Morgan fingerprint density at radius 3 is 2.71 bits per heavy atom. The summed E-state index contributed by atoms with van der Waals surface area (Å²) in [5, 5.41) is 23.4. The van der Waals surface area contributed by atoms with E-state index in [1.165, 1.54) is 19.1 Å². The fourth-order valence-corrected chi connectivity index (χ4v) is 2.44. The Morgan fingerprint density at radius 1 is 1.42 bits per heavy atom. The first-order valence-corrected chi connectivity index (χ1v) is 7.13. The molecule has 0 aliphatic carbocycles. The van der Waals surface area contributed by atoms with Gasteiger partial charge in [-0.25, -0.2) is 18.9 Å². The van der Waals surface area contributed by atoms with Gasteiger partial charge in [-0.3, -0.25) is 0 Å². The number of hydrogen-bond donors (Lipinski definition) is 2. The van der Waals surface area contributed by atoms with E-state index < -0.39 is 23.9 Å². The highest BCUT2D eigenvalue weighted by Crippen LogP contribution is 2.33. The molecule has 0 fully saturated rings. The first-order chi connectivity index (χ1) is 11.4. The van der Waals surface area contributed by atoms with Gasteiger partial charge in [0.1, 0.15) is 17.9 Å². The Kier molecular flexibility index (Phi) is 4.81. The predicted molar refractivity (Wildman–Crippen MR) is 81.6 cm³/mol. The van der Waals surface area contributed by atoms with Crippen LogP contribution in [0.1, 0.15) is 31.0 Å². The van der Waals surface area contributed by atoms with Gasteiger partial charge in [0, 0.05) is 12.2 Å². The zero-order valence-electron chi connectivity index (χ0n) is 13.1. The van der Waals surface area contributed by atoms with E-state index in [0.717, 1.165) is 11.0 Å². The maximum absolute atomic E-state index is 13.6. The molecule has 1 aliphatic rings. The lowest BCUT2D eigenvalue weighted by molar-refractivity contribution is 0.173. The molecule has 1 aromatic carbocycles. The number of amides is 4. The smallest absolute Gasteiger partial charge is 0.330 e. The molecule has 7 nitrogen and oxygen atoms in total. The molecule has 1 aromatic rings. The van der Waals surface area contributed by atoms with Gasteiger partial charge in [0.25, 0.3) is 0 Å². The summed E-state index contributed by atoms with van der Waals surface area (Å²) < 4.78 is 13.6. The van der Waals surface area contributed by atoms with Gasteiger partial charge in [0.15, 0.2) is 0 Å². The third kappa shape index (κ3) is 2.90. The zero-order valence-corrected chi connectivity index (χ0v) is 13.1. The van der Waals surface area contributed by atoms with Gasteiger partial charge < -0.3 is 10.6 Å². The molecule has 1 atom stereocenters. The number of allylic oxidation sites excluding steroid dienone is 1. The first-order valence-electron chi connectivity index (χ1n) is 7.13. The number of carbonyl (C=O) groups excluding carboxylic acids is 2. The number of carbonyl (C=O) groups is 2. The van der Waals surface area contributed by atoms with Crippen LogP contribution in [0.3, 0.4) is 0 Å². The highest BCUT2D eigenvalue weighted by atomic mass is 19.1. The normalized spacial score (nSPS) is 17.0. The van der Waals surface area contributed by atoms with Gasteiger partial charge in [0.05, 0.1) is 17.2 Å². The summed E-state index contributed by atoms with van der Waals surface area (Å²) >= 11 is 0. The summed E-state index contributed by atoms with van der Waals surface area (Å²) in [5.74, 6) is -0.717. The van der Waals surface area contributed by atoms with Crippen molar-refractivity contribution in [2.45, 2.75) is 19.9 Å². The summed E-state index contributed by atoms with van der Waals surface area (Å²) in [4.78, 5) is 25.4. The second kappa shape index (κ2) is 6.80. The minimum absolute atomic E-state index is 0.136. The molecular weight excluding hydrogens is 313 g/mol. The molecule has 0 bridgehead atoms. The van der Waals surface area contributed by atoms with E-state index in [2.05, 4.69) is 10.6 Å². The topological polar surface area (TPSA) is 109 Å². The maximum Gasteiger partial charge on any atom is 0.330 e. The number of hydrogen-bond acceptors (Lipinski definition) is 4. The van der Waals surface area contributed by atoms with Crippen LogP contribution in [0.5, 0.6) is 0 Å². The van der Waals surface area contributed by atoms with E-state index in [1.54, 1.807) is 13.0 Å². The molecule has 0 aromatic heterocycles. The predicted octanol–water partition coefficient (Wildman–Crippen LogP) is 2.29. The fourth-order valence-electron chi connectivity index (χ4n) is 2.44. The molecule has 0 spiro atoms. The Labute approximate surface area is 138 Å². The van der Waals surface area contributed by atoms with E-state index >= 15 is 0 Å². The van der Waals surface area contributed by atoms with Crippen LogP contribution >= 0.6 is 0 Å². The van der Waals surface area contributed by atoms with E-state index in [9.17, 15) is 19.2 Å². The van der Waals surface area contributed by atoms with Gasteiger partial charge in [-0.05, 0) is 31.5 Å². The lowest BCUT2D eigenvalue weighted by Gasteiger charge is -2.34. The Bertz CT molecular complexity index is 819. The molecule has 4 amide bonds. The molecule has 0 radical (unpaired) electrons. The monoisotopic (exact) mass is 327 g/mol. The molecule has 24 heavy (non-hydrogen) atoms. The number of nitrogens with zero attached hydrogens (tertiary/aromatic N) is 3. The highest BCUT2D eigenvalue weighted by Gasteiger charge is 2.38. The van der Waals surface area contributed by atoms with Crippen LogP contribution in [-0.4, -0.2) is 23.5 Å². The van der Waals surface area contributed by atoms with Crippen molar-refractivity contribution >= 4 is 12.1 Å². The van der Waals surface area contributed by atoms with Crippen molar-refractivity contribution in [3.8, 4) is 12.1 Å². The molecule has 1 unspecified atom stereocenters. The average molecular weight is 327 g/mol. The van der Waals surface area contributed by atoms with E-state index in [0.29, 0.717) is 11.3 Å². The highest BCUT2D eigenvalue weighted by molar-refractivity contribution is 5.96. The standard InChI is InChI=1S/C16H14FN5O2/c1-3-20-15(23)22-14(12(8-19)9(2)21-16(22)24)10-4-5-13(17)11(6-10)7-18/h4-6,14H,3H2,1-2H3,(H,20,23)(H,21,24). The third-order valence-corrected chi connectivity index (χ3v) is 3.54. The summed E-state index contributed by atoms with van der Waals surface area (Å²) in [6.45, 7) is 3.51. The lowest BCUT2D eigenvalue weighted by atomic mass is 9.93.